The van der Waals surface area contributed by atoms with Crippen LogP contribution in [0.2, 0.25) is 0 Å². The summed E-state index contributed by atoms with van der Waals surface area (Å²) in [4.78, 5) is 16.0. The zero-order valence-corrected chi connectivity index (χ0v) is 7.81. The number of ketones is 1. The predicted molar refractivity (Wildman–Crippen MR) is 51.9 cm³/mol. The second-order valence-corrected chi connectivity index (χ2v) is 4.09. The summed E-state index contributed by atoms with van der Waals surface area (Å²) < 4.78 is 0. The molecule has 2 fully saturated rings. The first-order chi connectivity index (χ1) is 6.88. The predicted octanol–water partition coefficient (Wildman–Crippen LogP) is 0.730. The Bertz CT molecular complexity index is 353. The van der Waals surface area contributed by atoms with Gasteiger partial charge in [0.25, 0.3) is 0 Å². The molecule has 3 nitrogen and oxygen atoms in total. The van der Waals surface area contributed by atoms with Gasteiger partial charge in [0.2, 0.25) is 0 Å². The van der Waals surface area contributed by atoms with Crippen molar-refractivity contribution in [2.45, 2.75) is 0 Å². The van der Waals surface area contributed by atoms with E-state index in [-0.39, 0.29) is 11.7 Å². The standard InChI is InChI=1S/C11H12N2O/c14-11(9-3-1-2-4-13-9)10-7-5-12-6-8(7)10/h1-4,7-8,10,12H,5-6H2/t7-,8+,10?. The maximum Gasteiger partial charge on any atom is 0.184 e. The number of Topliss-reactive ketones (excluding diaryl/α,β-unsaturated/α-hetero) is 1. The molecule has 0 bridgehead atoms. The molecule has 1 N–H and O–H groups in total. The third kappa shape index (κ3) is 1.09. The van der Waals surface area contributed by atoms with Gasteiger partial charge in [-0.15, -0.1) is 0 Å². The van der Waals surface area contributed by atoms with E-state index in [4.69, 9.17) is 0 Å². The number of carbonyl (C=O) groups excluding carboxylic acids is 1. The summed E-state index contributed by atoms with van der Waals surface area (Å²) in [6, 6.07) is 5.52. The SMILES string of the molecule is O=C(c1ccccn1)C1[C@H]2CNC[C@@H]12. The topological polar surface area (TPSA) is 42.0 Å². The molecule has 0 spiro atoms. The van der Waals surface area contributed by atoms with Crippen molar-refractivity contribution in [1.82, 2.24) is 10.3 Å². The molecule has 0 amide bonds. The lowest BCUT2D eigenvalue weighted by molar-refractivity contribution is 0.0948. The minimum Gasteiger partial charge on any atom is -0.316 e. The van der Waals surface area contributed by atoms with Crippen molar-refractivity contribution in [2.75, 3.05) is 13.1 Å². The van der Waals surface area contributed by atoms with Crippen molar-refractivity contribution >= 4 is 5.78 Å². The molecule has 1 aromatic heterocycles. The molecule has 0 radical (unpaired) electrons. The highest BCUT2D eigenvalue weighted by Gasteiger charge is 2.56. The largest absolute Gasteiger partial charge is 0.316 e. The van der Waals surface area contributed by atoms with Gasteiger partial charge < -0.3 is 5.32 Å². The Labute approximate surface area is 82.5 Å². The summed E-state index contributed by atoms with van der Waals surface area (Å²) in [5, 5.41) is 3.29. The van der Waals surface area contributed by atoms with E-state index in [2.05, 4.69) is 10.3 Å². The number of nitrogens with one attached hydrogen (secondary N) is 1. The zero-order chi connectivity index (χ0) is 9.54. The Hall–Kier alpha value is -1.22. The van der Waals surface area contributed by atoms with Crippen molar-refractivity contribution in [2.24, 2.45) is 17.8 Å². The third-order valence-corrected chi connectivity index (χ3v) is 3.31. The third-order valence-electron chi connectivity index (χ3n) is 3.31. The van der Waals surface area contributed by atoms with Crippen LogP contribution in [0, 0.1) is 17.8 Å². The van der Waals surface area contributed by atoms with Gasteiger partial charge in [0.15, 0.2) is 5.78 Å². The van der Waals surface area contributed by atoms with Crippen LogP contribution < -0.4 is 5.32 Å². The Balaban J connectivity index is 1.79. The van der Waals surface area contributed by atoms with Crippen molar-refractivity contribution in [3.05, 3.63) is 30.1 Å². The number of aromatic nitrogens is 1. The number of fused-ring (bicyclic) bond motifs is 1. The Morgan fingerprint density at radius 3 is 2.79 bits per heavy atom. The maximum absolute atomic E-state index is 11.9. The highest BCUT2D eigenvalue weighted by molar-refractivity contribution is 5.98. The molecular weight excluding hydrogens is 176 g/mol. The molecule has 14 heavy (non-hydrogen) atoms. The maximum atomic E-state index is 11.9. The second kappa shape index (κ2) is 2.89. The summed E-state index contributed by atoms with van der Waals surface area (Å²) in [7, 11) is 0. The fraction of sp³-hybridized carbons (Fsp3) is 0.455. The van der Waals surface area contributed by atoms with E-state index < -0.39 is 0 Å². The summed E-state index contributed by atoms with van der Waals surface area (Å²) in [6.07, 6.45) is 1.68. The van der Waals surface area contributed by atoms with Gasteiger partial charge in [0.1, 0.15) is 5.69 Å². The molecule has 2 heterocycles. The molecular formula is C11H12N2O. The highest BCUT2D eigenvalue weighted by atomic mass is 16.1. The van der Waals surface area contributed by atoms with E-state index in [1.54, 1.807) is 6.20 Å². The van der Waals surface area contributed by atoms with Crippen LogP contribution in [0.3, 0.4) is 0 Å². The Morgan fingerprint density at radius 2 is 2.14 bits per heavy atom. The van der Waals surface area contributed by atoms with Crippen LogP contribution in [0.4, 0.5) is 0 Å². The molecule has 72 valence electrons. The van der Waals surface area contributed by atoms with Gasteiger partial charge in [-0.25, -0.2) is 0 Å². The van der Waals surface area contributed by atoms with E-state index >= 15 is 0 Å². The lowest BCUT2D eigenvalue weighted by Gasteiger charge is -2.02. The van der Waals surface area contributed by atoms with Gasteiger partial charge in [0.05, 0.1) is 0 Å². The normalized spacial score (nSPS) is 33.9. The van der Waals surface area contributed by atoms with Gasteiger partial charge in [-0.05, 0) is 37.1 Å². The smallest absolute Gasteiger partial charge is 0.184 e. The number of rotatable bonds is 2. The zero-order valence-electron chi connectivity index (χ0n) is 7.81. The van der Waals surface area contributed by atoms with Crippen LogP contribution >= 0.6 is 0 Å². The number of nitrogens with zero attached hydrogens (tertiary/aromatic N) is 1. The van der Waals surface area contributed by atoms with Gasteiger partial charge in [-0.1, -0.05) is 6.07 Å². The van der Waals surface area contributed by atoms with E-state index in [0.717, 1.165) is 13.1 Å². The second-order valence-electron chi connectivity index (χ2n) is 4.09. The first-order valence-corrected chi connectivity index (χ1v) is 5.04. The van der Waals surface area contributed by atoms with Gasteiger partial charge >= 0.3 is 0 Å². The van der Waals surface area contributed by atoms with Crippen molar-refractivity contribution < 1.29 is 4.79 Å². The average molecular weight is 188 g/mol. The fourth-order valence-electron chi connectivity index (χ4n) is 2.49. The lowest BCUT2D eigenvalue weighted by atomic mass is 10.1. The molecule has 1 aromatic rings. The number of piperidine rings is 1. The Morgan fingerprint density at radius 1 is 1.36 bits per heavy atom. The van der Waals surface area contributed by atoms with Gasteiger partial charge in [0, 0.05) is 12.1 Å². The molecule has 2 aliphatic rings. The molecule has 0 aromatic carbocycles. The number of hydrogen-bond donors (Lipinski definition) is 1. The first-order valence-electron chi connectivity index (χ1n) is 5.04. The molecule has 1 saturated heterocycles. The number of carbonyl (C=O) groups is 1. The summed E-state index contributed by atoms with van der Waals surface area (Å²) in [5.74, 6) is 1.67. The van der Waals surface area contributed by atoms with Crippen LogP contribution in [-0.4, -0.2) is 23.9 Å². The van der Waals surface area contributed by atoms with Gasteiger partial charge in [-0.3, -0.25) is 9.78 Å². The minimum absolute atomic E-state index is 0.238. The summed E-state index contributed by atoms with van der Waals surface area (Å²) in [6.45, 7) is 2.02. The summed E-state index contributed by atoms with van der Waals surface area (Å²) >= 11 is 0. The highest BCUT2D eigenvalue weighted by Crippen LogP contribution is 2.49. The van der Waals surface area contributed by atoms with Crippen LogP contribution in [0.5, 0.6) is 0 Å². The molecule has 3 rings (SSSR count). The average Bonchev–Trinajstić information content (AvgIpc) is 2.72. The molecule has 1 unspecified atom stereocenters. The van der Waals surface area contributed by atoms with Crippen LogP contribution in [-0.2, 0) is 0 Å². The fourth-order valence-corrected chi connectivity index (χ4v) is 2.49. The van der Waals surface area contributed by atoms with E-state index in [1.165, 1.54) is 0 Å². The van der Waals surface area contributed by atoms with E-state index in [1.807, 2.05) is 18.2 Å². The van der Waals surface area contributed by atoms with E-state index in [9.17, 15) is 4.79 Å². The van der Waals surface area contributed by atoms with E-state index in [0.29, 0.717) is 17.5 Å². The first kappa shape index (κ1) is 8.12. The summed E-state index contributed by atoms with van der Waals surface area (Å²) in [5.41, 5.74) is 0.631. The van der Waals surface area contributed by atoms with Crippen LogP contribution in [0.1, 0.15) is 10.5 Å². The number of pyridine rings is 1. The minimum atomic E-state index is 0.238. The van der Waals surface area contributed by atoms with Crippen LogP contribution in [0.15, 0.2) is 24.4 Å². The van der Waals surface area contributed by atoms with Crippen molar-refractivity contribution in [3.63, 3.8) is 0 Å². The molecule has 1 aliphatic heterocycles. The number of hydrogen-bond acceptors (Lipinski definition) is 3. The molecule has 3 heteroatoms. The lowest BCUT2D eigenvalue weighted by Crippen LogP contribution is -2.19. The monoisotopic (exact) mass is 188 g/mol. The van der Waals surface area contributed by atoms with Crippen LogP contribution in [0.25, 0.3) is 0 Å². The molecule has 3 atom stereocenters. The Kier molecular flexibility index (Phi) is 1.67. The van der Waals surface area contributed by atoms with Crippen molar-refractivity contribution in [3.8, 4) is 0 Å². The quantitative estimate of drug-likeness (QED) is 0.696. The van der Waals surface area contributed by atoms with Gasteiger partial charge in [-0.2, -0.15) is 0 Å². The molecule has 1 saturated carbocycles. The molecule has 1 aliphatic carbocycles. The van der Waals surface area contributed by atoms with Crippen molar-refractivity contribution in [1.29, 1.82) is 0 Å².